The van der Waals surface area contributed by atoms with Crippen LogP contribution in [0.4, 0.5) is 5.13 Å². The molecular weight excluding hydrogens is 298 g/mol. The van der Waals surface area contributed by atoms with Crippen LogP contribution in [-0.4, -0.2) is 22.8 Å². The number of anilines is 1. The van der Waals surface area contributed by atoms with Crippen molar-refractivity contribution in [3.05, 3.63) is 23.8 Å². The van der Waals surface area contributed by atoms with Gasteiger partial charge in [-0.25, -0.2) is 4.98 Å². The summed E-state index contributed by atoms with van der Waals surface area (Å²) >= 11 is 1.45. The molecule has 22 heavy (non-hydrogen) atoms. The zero-order valence-electron chi connectivity index (χ0n) is 13.3. The van der Waals surface area contributed by atoms with Crippen molar-refractivity contribution in [3.8, 4) is 0 Å². The van der Waals surface area contributed by atoms with Crippen molar-refractivity contribution in [1.82, 2.24) is 10.3 Å². The first-order valence-corrected chi connectivity index (χ1v) is 8.19. The van der Waals surface area contributed by atoms with Crippen molar-refractivity contribution in [2.75, 3.05) is 5.32 Å². The second-order valence-corrected chi connectivity index (χ2v) is 6.62. The number of nitrogens with zero attached hydrogens (tertiary/aromatic N) is 1. The fraction of sp³-hybridized carbons (Fsp3) is 0.438. The van der Waals surface area contributed by atoms with E-state index in [4.69, 9.17) is 0 Å². The third kappa shape index (κ3) is 3.82. The van der Waals surface area contributed by atoms with Gasteiger partial charge in [-0.15, -0.1) is 0 Å². The highest BCUT2D eigenvalue weighted by molar-refractivity contribution is 7.22. The molecule has 1 unspecified atom stereocenters. The van der Waals surface area contributed by atoms with Gasteiger partial charge in [0.05, 0.1) is 10.2 Å². The lowest BCUT2D eigenvalue weighted by Gasteiger charge is -2.19. The number of amides is 2. The maximum Gasteiger partial charge on any atom is 0.248 e. The van der Waals surface area contributed by atoms with E-state index in [2.05, 4.69) is 28.6 Å². The summed E-state index contributed by atoms with van der Waals surface area (Å²) < 4.78 is 1.05. The van der Waals surface area contributed by atoms with E-state index < -0.39 is 6.04 Å². The van der Waals surface area contributed by atoms with E-state index in [1.807, 2.05) is 26.0 Å². The number of fused-ring (bicyclic) bond motifs is 1. The lowest BCUT2D eigenvalue weighted by Crippen LogP contribution is -2.46. The molecule has 0 aliphatic heterocycles. The van der Waals surface area contributed by atoms with E-state index in [1.54, 1.807) is 0 Å². The number of nitrogens with one attached hydrogen (secondary N) is 2. The topological polar surface area (TPSA) is 71.1 Å². The van der Waals surface area contributed by atoms with Crippen LogP contribution in [0.3, 0.4) is 0 Å². The summed E-state index contributed by atoms with van der Waals surface area (Å²) in [5, 5.41) is 6.05. The first-order chi connectivity index (χ1) is 10.4. The van der Waals surface area contributed by atoms with E-state index in [9.17, 15) is 9.59 Å². The molecule has 0 saturated carbocycles. The Morgan fingerprint density at radius 2 is 2.05 bits per heavy atom. The van der Waals surface area contributed by atoms with Crippen molar-refractivity contribution < 1.29 is 9.59 Å². The van der Waals surface area contributed by atoms with E-state index in [1.165, 1.54) is 23.8 Å². The van der Waals surface area contributed by atoms with E-state index >= 15 is 0 Å². The van der Waals surface area contributed by atoms with E-state index in [0.717, 1.165) is 16.6 Å². The molecule has 2 aromatic rings. The van der Waals surface area contributed by atoms with Crippen molar-refractivity contribution >= 4 is 38.5 Å². The number of hydrogen-bond donors (Lipinski definition) is 2. The number of carbonyl (C=O) groups excluding carboxylic acids is 2. The number of benzene rings is 1. The minimum Gasteiger partial charge on any atom is -0.344 e. The normalized spacial score (nSPS) is 12.4. The molecule has 2 N–H and O–H groups in total. The highest BCUT2D eigenvalue weighted by atomic mass is 32.1. The molecule has 5 nitrogen and oxygen atoms in total. The van der Waals surface area contributed by atoms with Gasteiger partial charge in [0.1, 0.15) is 6.04 Å². The van der Waals surface area contributed by atoms with Crippen molar-refractivity contribution in [3.63, 3.8) is 0 Å². The van der Waals surface area contributed by atoms with Crippen molar-refractivity contribution in [1.29, 1.82) is 0 Å². The second kappa shape index (κ2) is 6.87. The van der Waals surface area contributed by atoms with Crippen molar-refractivity contribution in [2.24, 2.45) is 5.92 Å². The summed E-state index contributed by atoms with van der Waals surface area (Å²) in [6.45, 7) is 7.30. The zero-order chi connectivity index (χ0) is 16.3. The van der Waals surface area contributed by atoms with Crippen LogP contribution < -0.4 is 10.6 Å². The standard InChI is InChI=1S/C16H21N3O2S/c1-5-11-6-7-12-13(8-11)22-16(18-12)19-15(21)14(9(2)3)17-10(4)20/h6-9,14H,5H2,1-4H3,(H,17,20)(H,18,19,21). The van der Waals surface area contributed by atoms with Gasteiger partial charge >= 0.3 is 0 Å². The highest BCUT2D eigenvalue weighted by Crippen LogP contribution is 2.27. The Kier molecular flexibility index (Phi) is 5.13. The largest absolute Gasteiger partial charge is 0.344 e. The van der Waals surface area contributed by atoms with Crippen LogP contribution in [0.25, 0.3) is 10.2 Å². The molecule has 118 valence electrons. The minimum atomic E-state index is -0.560. The minimum absolute atomic E-state index is 0.00460. The van der Waals surface area contributed by atoms with Crippen LogP contribution in [0.5, 0.6) is 0 Å². The summed E-state index contributed by atoms with van der Waals surface area (Å²) in [5.74, 6) is -0.448. The van der Waals surface area contributed by atoms with Gasteiger partial charge in [0, 0.05) is 6.92 Å². The molecule has 2 amide bonds. The summed E-state index contributed by atoms with van der Waals surface area (Å²) in [5.41, 5.74) is 2.12. The molecule has 1 heterocycles. The molecule has 6 heteroatoms. The molecule has 2 rings (SSSR count). The van der Waals surface area contributed by atoms with Gasteiger partial charge in [-0.2, -0.15) is 0 Å². The van der Waals surface area contributed by atoms with Crippen LogP contribution in [0, 0.1) is 5.92 Å². The van der Waals surface area contributed by atoms with E-state index in [0.29, 0.717) is 5.13 Å². The number of aromatic nitrogens is 1. The first-order valence-electron chi connectivity index (χ1n) is 7.38. The Hall–Kier alpha value is -1.95. The predicted molar refractivity (Wildman–Crippen MR) is 90.1 cm³/mol. The quantitative estimate of drug-likeness (QED) is 0.890. The Balaban J connectivity index is 2.18. The number of carbonyl (C=O) groups is 2. The number of aryl methyl sites for hydroxylation is 1. The van der Waals surface area contributed by atoms with Crippen LogP contribution >= 0.6 is 11.3 Å². The van der Waals surface area contributed by atoms with Gasteiger partial charge in [0.15, 0.2) is 5.13 Å². The van der Waals surface area contributed by atoms with Gasteiger partial charge in [-0.05, 0) is 30.0 Å². The third-order valence-electron chi connectivity index (χ3n) is 3.40. The Bertz CT molecular complexity index is 694. The predicted octanol–water partition coefficient (Wildman–Crippen LogP) is 2.96. The highest BCUT2D eigenvalue weighted by Gasteiger charge is 2.23. The van der Waals surface area contributed by atoms with Crippen LogP contribution in [0.15, 0.2) is 18.2 Å². The maximum absolute atomic E-state index is 12.3. The van der Waals surface area contributed by atoms with Gasteiger partial charge < -0.3 is 10.6 Å². The smallest absolute Gasteiger partial charge is 0.248 e. The van der Waals surface area contributed by atoms with Crippen LogP contribution in [0.1, 0.15) is 33.3 Å². The van der Waals surface area contributed by atoms with Gasteiger partial charge in [0.25, 0.3) is 0 Å². The van der Waals surface area contributed by atoms with E-state index in [-0.39, 0.29) is 17.7 Å². The summed E-state index contributed by atoms with van der Waals surface area (Å²) in [7, 11) is 0. The molecule has 0 fully saturated rings. The Labute approximate surface area is 134 Å². The molecule has 0 radical (unpaired) electrons. The number of thiazole rings is 1. The molecule has 1 aromatic heterocycles. The van der Waals surface area contributed by atoms with Gasteiger partial charge in [-0.1, -0.05) is 38.2 Å². The molecule has 0 spiro atoms. The van der Waals surface area contributed by atoms with Crippen LogP contribution in [-0.2, 0) is 16.0 Å². The molecule has 1 aromatic carbocycles. The van der Waals surface area contributed by atoms with Gasteiger partial charge in [-0.3, -0.25) is 9.59 Å². The average Bonchev–Trinajstić information content (AvgIpc) is 2.84. The SMILES string of the molecule is CCc1ccc2nc(NC(=O)C(NC(C)=O)C(C)C)sc2c1. The first kappa shape index (κ1) is 16.4. The Morgan fingerprint density at radius 3 is 2.64 bits per heavy atom. The lowest BCUT2D eigenvalue weighted by molar-refractivity contribution is -0.126. The average molecular weight is 319 g/mol. The summed E-state index contributed by atoms with van der Waals surface area (Å²) in [4.78, 5) is 28.0. The molecule has 0 aliphatic carbocycles. The number of rotatable bonds is 5. The fourth-order valence-electron chi connectivity index (χ4n) is 2.18. The molecule has 1 atom stereocenters. The monoisotopic (exact) mass is 319 g/mol. The van der Waals surface area contributed by atoms with Crippen LogP contribution in [0.2, 0.25) is 0 Å². The fourth-order valence-corrected chi connectivity index (χ4v) is 3.11. The second-order valence-electron chi connectivity index (χ2n) is 5.59. The zero-order valence-corrected chi connectivity index (χ0v) is 14.1. The molecule has 0 aliphatic rings. The maximum atomic E-state index is 12.3. The summed E-state index contributed by atoms with van der Waals surface area (Å²) in [6, 6.07) is 5.54. The van der Waals surface area contributed by atoms with Gasteiger partial charge in [0.2, 0.25) is 11.8 Å². The van der Waals surface area contributed by atoms with Crippen molar-refractivity contribution in [2.45, 2.75) is 40.2 Å². The third-order valence-corrected chi connectivity index (χ3v) is 4.33. The summed E-state index contributed by atoms with van der Waals surface area (Å²) in [6.07, 6.45) is 0.966. The Morgan fingerprint density at radius 1 is 1.32 bits per heavy atom. The molecule has 0 saturated heterocycles. The molecule has 0 bridgehead atoms. The lowest BCUT2D eigenvalue weighted by atomic mass is 10.0. The molecular formula is C16H21N3O2S. The number of hydrogen-bond acceptors (Lipinski definition) is 4.